The molecule has 1 saturated carbocycles. The van der Waals surface area contributed by atoms with Crippen LogP contribution in [0.4, 0.5) is 0 Å². The van der Waals surface area contributed by atoms with E-state index in [2.05, 4.69) is 13.8 Å². The van der Waals surface area contributed by atoms with E-state index in [1.807, 2.05) is 0 Å². The molecule has 1 aliphatic carbocycles. The second-order valence-corrected chi connectivity index (χ2v) is 4.97. The molecule has 0 aromatic heterocycles. The number of carbonyl (C=O) groups is 1. The van der Waals surface area contributed by atoms with Crippen LogP contribution in [0.2, 0.25) is 0 Å². The first-order valence-electron chi connectivity index (χ1n) is 6.96. The zero-order chi connectivity index (χ0) is 11.8. The summed E-state index contributed by atoms with van der Waals surface area (Å²) in [6, 6.07) is 0. The highest BCUT2D eigenvalue weighted by molar-refractivity contribution is 5.75. The van der Waals surface area contributed by atoms with Crippen LogP contribution in [0.15, 0.2) is 0 Å². The molecule has 0 bridgehead atoms. The molecule has 1 aliphatic rings. The lowest BCUT2D eigenvalue weighted by atomic mass is 10.1. The largest absolute Gasteiger partial charge is 0.465 e. The fourth-order valence-electron chi connectivity index (χ4n) is 2.14. The summed E-state index contributed by atoms with van der Waals surface area (Å²) in [5, 5.41) is 0. The molecule has 0 amide bonds. The zero-order valence-electron chi connectivity index (χ0n) is 10.8. The summed E-state index contributed by atoms with van der Waals surface area (Å²) in [6.07, 6.45) is 9.52. The van der Waals surface area contributed by atoms with E-state index in [0.717, 1.165) is 19.3 Å². The summed E-state index contributed by atoms with van der Waals surface area (Å²) in [4.78, 5) is 11.6. The summed E-state index contributed by atoms with van der Waals surface area (Å²) in [6.45, 7) is 5.00. The van der Waals surface area contributed by atoms with Gasteiger partial charge in [-0.15, -0.1) is 0 Å². The average Bonchev–Trinajstić information content (AvgIpc) is 3.04. The Hall–Kier alpha value is -0.530. The molecule has 0 aromatic carbocycles. The Morgan fingerprint density at radius 2 is 1.81 bits per heavy atom. The second-order valence-electron chi connectivity index (χ2n) is 4.97. The molecule has 0 N–H and O–H groups in total. The normalized spacial score (nSPS) is 23.1. The highest BCUT2D eigenvalue weighted by atomic mass is 16.5. The van der Waals surface area contributed by atoms with Crippen LogP contribution in [0.5, 0.6) is 0 Å². The standard InChI is InChI=1S/C14H26O2/c1-3-5-7-9-12-11-13(12)14(15)16-10-8-6-4-2/h12-13H,3-11H2,1-2H3. The number of unbranched alkanes of at least 4 members (excludes halogenated alkanes) is 4. The van der Waals surface area contributed by atoms with Gasteiger partial charge >= 0.3 is 5.97 Å². The Morgan fingerprint density at radius 3 is 2.50 bits per heavy atom. The van der Waals surface area contributed by atoms with Gasteiger partial charge < -0.3 is 4.74 Å². The van der Waals surface area contributed by atoms with Gasteiger partial charge in [0.05, 0.1) is 12.5 Å². The van der Waals surface area contributed by atoms with Gasteiger partial charge in [-0.05, 0) is 25.2 Å². The molecule has 16 heavy (non-hydrogen) atoms. The number of carbonyl (C=O) groups excluding carboxylic acids is 1. The van der Waals surface area contributed by atoms with Gasteiger partial charge in [-0.2, -0.15) is 0 Å². The maximum absolute atomic E-state index is 11.6. The van der Waals surface area contributed by atoms with Gasteiger partial charge in [0.1, 0.15) is 0 Å². The maximum atomic E-state index is 11.6. The minimum absolute atomic E-state index is 0.0672. The van der Waals surface area contributed by atoms with Crippen LogP contribution in [0.25, 0.3) is 0 Å². The first-order valence-corrected chi connectivity index (χ1v) is 6.96. The number of rotatable bonds is 9. The van der Waals surface area contributed by atoms with Gasteiger partial charge in [-0.3, -0.25) is 4.79 Å². The van der Waals surface area contributed by atoms with Gasteiger partial charge in [-0.25, -0.2) is 0 Å². The Kier molecular flexibility index (Phi) is 6.51. The third kappa shape index (κ3) is 5.00. The number of hydrogen-bond donors (Lipinski definition) is 0. The second kappa shape index (κ2) is 7.70. The van der Waals surface area contributed by atoms with Crippen molar-refractivity contribution in [3.05, 3.63) is 0 Å². The molecule has 2 unspecified atom stereocenters. The average molecular weight is 226 g/mol. The first-order chi connectivity index (χ1) is 7.79. The fraction of sp³-hybridized carbons (Fsp3) is 0.929. The summed E-state index contributed by atoms with van der Waals surface area (Å²) >= 11 is 0. The molecule has 0 aromatic rings. The van der Waals surface area contributed by atoms with E-state index < -0.39 is 0 Å². The predicted molar refractivity (Wildman–Crippen MR) is 66.2 cm³/mol. The van der Waals surface area contributed by atoms with Gasteiger partial charge in [0.25, 0.3) is 0 Å². The number of ether oxygens (including phenoxy) is 1. The van der Waals surface area contributed by atoms with Crippen LogP contribution in [-0.4, -0.2) is 12.6 Å². The number of hydrogen-bond acceptors (Lipinski definition) is 2. The Balaban J connectivity index is 1.98. The van der Waals surface area contributed by atoms with Crippen molar-refractivity contribution >= 4 is 5.97 Å². The SMILES string of the molecule is CCCCCOC(=O)C1CC1CCCCC. The first kappa shape index (κ1) is 13.5. The molecular formula is C14H26O2. The van der Waals surface area contributed by atoms with E-state index in [-0.39, 0.29) is 11.9 Å². The van der Waals surface area contributed by atoms with E-state index in [1.54, 1.807) is 0 Å². The fourth-order valence-corrected chi connectivity index (χ4v) is 2.14. The van der Waals surface area contributed by atoms with E-state index in [0.29, 0.717) is 12.5 Å². The predicted octanol–water partition coefficient (Wildman–Crippen LogP) is 3.94. The summed E-state index contributed by atoms with van der Waals surface area (Å²) in [5.41, 5.74) is 0. The molecule has 0 spiro atoms. The monoisotopic (exact) mass is 226 g/mol. The van der Waals surface area contributed by atoms with Crippen LogP contribution in [0, 0.1) is 11.8 Å². The van der Waals surface area contributed by atoms with Crippen LogP contribution < -0.4 is 0 Å². The third-order valence-corrected chi connectivity index (χ3v) is 3.40. The van der Waals surface area contributed by atoms with E-state index >= 15 is 0 Å². The van der Waals surface area contributed by atoms with Crippen LogP contribution in [0.3, 0.4) is 0 Å². The molecule has 0 saturated heterocycles. The van der Waals surface area contributed by atoms with Crippen molar-refractivity contribution in [3.63, 3.8) is 0 Å². The van der Waals surface area contributed by atoms with Gasteiger partial charge in [0.2, 0.25) is 0 Å². The Bertz CT molecular complexity index is 201. The minimum Gasteiger partial charge on any atom is -0.465 e. The highest BCUT2D eigenvalue weighted by Gasteiger charge is 2.43. The third-order valence-electron chi connectivity index (χ3n) is 3.40. The van der Waals surface area contributed by atoms with Crippen LogP contribution in [-0.2, 0) is 9.53 Å². The molecular weight excluding hydrogens is 200 g/mol. The molecule has 1 rings (SSSR count). The summed E-state index contributed by atoms with van der Waals surface area (Å²) < 4.78 is 5.27. The Morgan fingerprint density at radius 1 is 1.12 bits per heavy atom. The topological polar surface area (TPSA) is 26.3 Å². The van der Waals surface area contributed by atoms with Crippen molar-refractivity contribution < 1.29 is 9.53 Å². The lowest BCUT2D eigenvalue weighted by Crippen LogP contribution is -2.09. The molecule has 1 fully saturated rings. The quantitative estimate of drug-likeness (QED) is 0.440. The van der Waals surface area contributed by atoms with E-state index in [4.69, 9.17) is 4.74 Å². The van der Waals surface area contributed by atoms with E-state index in [9.17, 15) is 4.79 Å². The molecule has 2 atom stereocenters. The lowest BCUT2D eigenvalue weighted by molar-refractivity contribution is -0.145. The van der Waals surface area contributed by atoms with Crippen LogP contribution in [0.1, 0.15) is 65.2 Å². The minimum atomic E-state index is 0.0672. The molecule has 2 nitrogen and oxygen atoms in total. The molecule has 2 heteroatoms. The molecule has 0 heterocycles. The highest BCUT2D eigenvalue weighted by Crippen LogP contribution is 2.43. The van der Waals surface area contributed by atoms with Crippen molar-refractivity contribution in [2.45, 2.75) is 65.2 Å². The van der Waals surface area contributed by atoms with Gasteiger partial charge in [0.15, 0.2) is 0 Å². The van der Waals surface area contributed by atoms with Crippen molar-refractivity contribution in [1.29, 1.82) is 0 Å². The van der Waals surface area contributed by atoms with Crippen molar-refractivity contribution in [3.8, 4) is 0 Å². The molecule has 0 aliphatic heterocycles. The molecule has 94 valence electrons. The van der Waals surface area contributed by atoms with Crippen molar-refractivity contribution in [2.24, 2.45) is 11.8 Å². The lowest BCUT2D eigenvalue weighted by Gasteiger charge is -2.03. The summed E-state index contributed by atoms with van der Waals surface area (Å²) in [7, 11) is 0. The van der Waals surface area contributed by atoms with Gasteiger partial charge in [0, 0.05) is 0 Å². The molecule has 0 radical (unpaired) electrons. The Labute approximate surface area is 99.8 Å². The van der Waals surface area contributed by atoms with Crippen molar-refractivity contribution in [1.82, 2.24) is 0 Å². The van der Waals surface area contributed by atoms with Crippen LogP contribution >= 0.6 is 0 Å². The smallest absolute Gasteiger partial charge is 0.309 e. The van der Waals surface area contributed by atoms with E-state index in [1.165, 1.54) is 32.1 Å². The zero-order valence-corrected chi connectivity index (χ0v) is 10.8. The van der Waals surface area contributed by atoms with Crippen molar-refractivity contribution in [2.75, 3.05) is 6.61 Å². The summed E-state index contributed by atoms with van der Waals surface area (Å²) in [5.74, 6) is 0.960. The number of esters is 1. The maximum Gasteiger partial charge on any atom is 0.309 e. The van der Waals surface area contributed by atoms with Gasteiger partial charge in [-0.1, -0.05) is 46.0 Å².